The van der Waals surface area contributed by atoms with E-state index in [4.69, 9.17) is 11.5 Å². The highest BCUT2D eigenvalue weighted by Gasteiger charge is 2.33. The number of primary amides is 1. The van der Waals surface area contributed by atoms with Crippen LogP contribution in [0.15, 0.2) is 22.7 Å². The van der Waals surface area contributed by atoms with Crippen LogP contribution in [-0.4, -0.2) is 17.9 Å². The van der Waals surface area contributed by atoms with Crippen molar-refractivity contribution in [1.82, 2.24) is 0 Å². The van der Waals surface area contributed by atoms with Gasteiger partial charge in [-0.3, -0.25) is 9.59 Å². The SMILES string of the molecule is Cl.NC(=O)CC(N)C(=O)Nc1ccc(Br)c(C(F)(F)F)c1. The second-order valence-electron chi connectivity index (χ2n) is 3.96. The van der Waals surface area contributed by atoms with Crippen LogP contribution >= 0.6 is 28.3 Å². The third-order valence-corrected chi connectivity index (χ3v) is 2.99. The number of amides is 2. The Bertz CT molecular complexity index is 540. The lowest BCUT2D eigenvalue weighted by Gasteiger charge is -2.14. The molecule has 1 aromatic rings. The molecule has 0 aliphatic carbocycles. The first-order chi connectivity index (χ1) is 9.11. The summed E-state index contributed by atoms with van der Waals surface area (Å²) in [5.41, 5.74) is 9.24. The molecule has 0 aliphatic rings. The lowest BCUT2D eigenvalue weighted by atomic mass is 10.1. The van der Waals surface area contributed by atoms with Crippen molar-refractivity contribution in [2.45, 2.75) is 18.6 Å². The molecule has 1 rings (SSSR count). The van der Waals surface area contributed by atoms with E-state index < -0.39 is 36.0 Å². The Morgan fingerprint density at radius 1 is 1.33 bits per heavy atom. The number of anilines is 1. The maximum Gasteiger partial charge on any atom is 0.417 e. The maximum atomic E-state index is 12.7. The number of carbonyl (C=O) groups excluding carboxylic acids is 2. The lowest BCUT2D eigenvalue weighted by Crippen LogP contribution is -2.39. The predicted octanol–water partition coefficient (Wildman–Crippen LogP) is 2.03. The Morgan fingerprint density at radius 3 is 2.38 bits per heavy atom. The number of carbonyl (C=O) groups is 2. The van der Waals surface area contributed by atoms with Gasteiger partial charge in [-0.15, -0.1) is 12.4 Å². The summed E-state index contributed by atoms with van der Waals surface area (Å²) in [5, 5.41) is 2.19. The van der Waals surface area contributed by atoms with Crippen molar-refractivity contribution >= 4 is 45.8 Å². The van der Waals surface area contributed by atoms with Gasteiger partial charge in [0.15, 0.2) is 0 Å². The van der Waals surface area contributed by atoms with Crippen molar-refractivity contribution in [1.29, 1.82) is 0 Å². The third kappa shape index (κ3) is 5.90. The quantitative estimate of drug-likeness (QED) is 0.733. The zero-order valence-electron chi connectivity index (χ0n) is 10.4. The van der Waals surface area contributed by atoms with Gasteiger partial charge in [0, 0.05) is 10.2 Å². The molecule has 0 heterocycles. The number of halogens is 5. The summed E-state index contributed by atoms with van der Waals surface area (Å²) in [6.45, 7) is 0. The van der Waals surface area contributed by atoms with Crippen LogP contribution in [-0.2, 0) is 15.8 Å². The van der Waals surface area contributed by atoms with Crippen LogP contribution in [0.3, 0.4) is 0 Å². The molecule has 0 saturated heterocycles. The molecular weight excluding hydrogens is 378 g/mol. The normalized spacial score (nSPS) is 12.2. The van der Waals surface area contributed by atoms with Crippen LogP contribution in [0.2, 0.25) is 0 Å². The van der Waals surface area contributed by atoms with Crippen LogP contribution in [0.4, 0.5) is 18.9 Å². The van der Waals surface area contributed by atoms with E-state index >= 15 is 0 Å². The molecule has 1 unspecified atom stereocenters. The lowest BCUT2D eigenvalue weighted by molar-refractivity contribution is -0.138. The Kier molecular flexibility index (Phi) is 7.14. The van der Waals surface area contributed by atoms with E-state index in [2.05, 4.69) is 21.2 Å². The van der Waals surface area contributed by atoms with Gasteiger partial charge in [0.2, 0.25) is 11.8 Å². The second-order valence-corrected chi connectivity index (χ2v) is 4.81. The molecule has 1 atom stereocenters. The molecule has 118 valence electrons. The van der Waals surface area contributed by atoms with Crippen molar-refractivity contribution in [2.75, 3.05) is 5.32 Å². The number of alkyl halides is 3. The summed E-state index contributed by atoms with van der Waals surface area (Å²) in [5.74, 6) is -1.57. The molecule has 0 fully saturated rings. The van der Waals surface area contributed by atoms with E-state index in [1.54, 1.807) is 0 Å². The minimum absolute atomic E-state index is 0. The molecule has 0 saturated carbocycles. The zero-order valence-corrected chi connectivity index (χ0v) is 12.8. The summed E-state index contributed by atoms with van der Waals surface area (Å²) in [6, 6.07) is 1.97. The van der Waals surface area contributed by atoms with Gasteiger partial charge in [-0.1, -0.05) is 15.9 Å². The number of nitrogens with two attached hydrogens (primary N) is 2. The van der Waals surface area contributed by atoms with E-state index in [1.807, 2.05) is 0 Å². The van der Waals surface area contributed by atoms with Gasteiger partial charge in [0.05, 0.1) is 18.0 Å². The van der Waals surface area contributed by atoms with Gasteiger partial charge < -0.3 is 16.8 Å². The smallest absolute Gasteiger partial charge is 0.370 e. The Balaban J connectivity index is 0.00000400. The van der Waals surface area contributed by atoms with E-state index in [9.17, 15) is 22.8 Å². The number of rotatable bonds is 4. The van der Waals surface area contributed by atoms with Gasteiger partial charge in [-0.25, -0.2) is 0 Å². The van der Waals surface area contributed by atoms with E-state index in [-0.39, 0.29) is 22.6 Å². The Labute approximate surface area is 132 Å². The molecule has 21 heavy (non-hydrogen) atoms. The van der Waals surface area contributed by atoms with Crippen LogP contribution in [0.5, 0.6) is 0 Å². The first-order valence-electron chi connectivity index (χ1n) is 5.32. The van der Waals surface area contributed by atoms with Gasteiger partial charge in [0.25, 0.3) is 0 Å². The molecule has 2 amide bonds. The highest BCUT2D eigenvalue weighted by molar-refractivity contribution is 9.10. The fraction of sp³-hybridized carbons (Fsp3) is 0.273. The number of benzene rings is 1. The largest absolute Gasteiger partial charge is 0.417 e. The molecule has 5 nitrogen and oxygen atoms in total. The molecule has 5 N–H and O–H groups in total. The monoisotopic (exact) mass is 389 g/mol. The minimum Gasteiger partial charge on any atom is -0.370 e. The molecule has 0 aromatic heterocycles. The molecular formula is C11H12BrClF3N3O2. The summed E-state index contributed by atoms with van der Waals surface area (Å²) in [7, 11) is 0. The summed E-state index contributed by atoms with van der Waals surface area (Å²) < 4.78 is 37.9. The van der Waals surface area contributed by atoms with Crippen LogP contribution in [0.1, 0.15) is 12.0 Å². The Hall–Kier alpha value is -1.32. The molecule has 0 spiro atoms. The van der Waals surface area contributed by atoms with Crippen molar-refractivity contribution < 1.29 is 22.8 Å². The molecule has 10 heteroatoms. The van der Waals surface area contributed by atoms with Crippen molar-refractivity contribution in [3.63, 3.8) is 0 Å². The predicted molar refractivity (Wildman–Crippen MR) is 76.8 cm³/mol. The zero-order chi connectivity index (χ0) is 15.5. The fourth-order valence-electron chi connectivity index (χ4n) is 1.36. The number of hydrogen-bond acceptors (Lipinski definition) is 3. The maximum absolute atomic E-state index is 12.7. The van der Waals surface area contributed by atoms with E-state index in [0.717, 1.165) is 12.1 Å². The average molecular weight is 391 g/mol. The highest BCUT2D eigenvalue weighted by Crippen LogP contribution is 2.36. The third-order valence-electron chi connectivity index (χ3n) is 2.30. The van der Waals surface area contributed by atoms with Crippen LogP contribution in [0, 0.1) is 0 Å². The standard InChI is InChI=1S/C11H11BrF3N3O2.ClH/c12-7-2-1-5(3-6(7)11(13,14)15)18-10(20)8(16)4-9(17)19;/h1-3,8H,4,16H2,(H2,17,19)(H,18,20);1H. The summed E-state index contributed by atoms with van der Waals surface area (Å²) in [6.07, 6.45) is -4.95. The number of nitrogens with one attached hydrogen (secondary N) is 1. The number of hydrogen-bond donors (Lipinski definition) is 3. The molecule has 0 aliphatic heterocycles. The average Bonchev–Trinajstić information content (AvgIpc) is 2.29. The molecule has 0 radical (unpaired) electrons. The summed E-state index contributed by atoms with van der Waals surface area (Å²) >= 11 is 2.78. The molecule has 1 aromatic carbocycles. The van der Waals surface area contributed by atoms with Gasteiger partial charge >= 0.3 is 6.18 Å². The molecule has 0 bridgehead atoms. The van der Waals surface area contributed by atoms with Crippen LogP contribution < -0.4 is 16.8 Å². The first kappa shape index (κ1) is 19.7. The van der Waals surface area contributed by atoms with Gasteiger partial charge in [-0.2, -0.15) is 13.2 Å². The van der Waals surface area contributed by atoms with E-state index in [1.165, 1.54) is 6.07 Å². The Morgan fingerprint density at radius 2 is 1.90 bits per heavy atom. The van der Waals surface area contributed by atoms with Crippen molar-refractivity contribution in [3.8, 4) is 0 Å². The summed E-state index contributed by atoms with van der Waals surface area (Å²) in [4.78, 5) is 22.2. The highest BCUT2D eigenvalue weighted by atomic mass is 79.9. The topological polar surface area (TPSA) is 98.2 Å². The van der Waals surface area contributed by atoms with E-state index in [0.29, 0.717) is 0 Å². The first-order valence-corrected chi connectivity index (χ1v) is 6.12. The van der Waals surface area contributed by atoms with Gasteiger partial charge in [-0.05, 0) is 18.2 Å². The van der Waals surface area contributed by atoms with Crippen molar-refractivity contribution in [3.05, 3.63) is 28.2 Å². The minimum atomic E-state index is -4.56. The van der Waals surface area contributed by atoms with Gasteiger partial charge in [0.1, 0.15) is 0 Å². The van der Waals surface area contributed by atoms with Crippen molar-refractivity contribution in [2.24, 2.45) is 11.5 Å². The van der Waals surface area contributed by atoms with Crippen LogP contribution in [0.25, 0.3) is 0 Å². The second kappa shape index (κ2) is 7.62. The fourth-order valence-corrected chi connectivity index (χ4v) is 1.84.